The second kappa shape index (κ2) is 9.11. The minimum absolute atomic E-state index is 0.0321. The van der Waals surface area contributed by atoms with Gasteiger partial charge in [-0.3, -0.25) is 4.79 Å². The Bertz CT molecular complexity index is 1480. The number of benzene rings is 3. The van der Waals surface area contributed by atoms with E-state index in [1.54, 1.807) is 0 Å². The van der Waals surface area contributed by atoms with Crippen LogP contribution < -0.4 is 14.9 Å². The maximum absolute atomic E-state index is 11.8. The van der Waals surface area contributed by atoms with E-state index in [-0.39, 0.29) is 12.5 Å². The summed E-state index contributed by atoms with van der Waals surface area (Å²) in [4.78, 5) is 17.6. The van der Waals surface area contributed by atoms with Crippen molar-refractivity contribution in [2.45, 2.75) is 20.8 Å². The maximum Gasteiger partial charge on any atom is 0.262 e. The number of thiazole rings is 1. The number of nitrogens with one attached hydrogen (secondary N) is 1. The van der Waals surface area contributed by atoms with E-state index >= 15 is 0 Å². The van der Waals surface area contributed by atoms with Gasteiger partial charge >= 0.3 is 0 Å². The lowest BCUT2D eigenvalue weighted by atomic mass is 10.1. The van der Waals surface area contributed by atoms with Crippen molar-refractivity contribution in [3.05, 3.63) is 93.1 Å². The monoisotopic (exact) mass is 468 g/mol. The molecule has 0 fully saturated rings. The van der Waals surface area contributed by atoms with Crippen molar-refractivity contribution in [3.8, 4) is 17.0 Å². The molecule has 1 aromatic heterocycles. The number of hydrogen-bond acceptors (Lipinski definition) is 5. The minimum atomic E-state index is -0.161. The first kappa shape index (κ1) is 21.9. The number of aryl methyl sites for hydroxylation is 3. The van der Waals surface area contributed by atoms with Gasteiger partial charge in [-0.15, -0.1) is 11.3 Å². The molecule has 7 heteroatoms. The molecule has 0 unspecified atom stereocenters. The van der Waals surface area contributed by atoms with Gasteiger partial charge in [-0.2, -0.15) is 5.10 Å². The third kappa shape index (κ3) is 4.30. The third-order valence-electron chi connectivity index (χ3n) is 5.74. The van der Waals surface area contributed by atoms with E-state index < -0.39 is 0 Å². The molecule has 1 amide bonds. The first-order valence-corrected chi connectivity index (χ1v) is 11.9. The van der Waals surface area contributed by atoms with E-state index in [4.69, 9.17) is 14.8 Å². The van der Waals surface area contributed by atoms with E-state index in [1.165, 1.54) is 11.3 Å². The molecule has 6 nitrogen and oxygen atoms in total. The Morgan fingerprint density at radius 1 is 1.00 bits per heavy atom. The van der Waals surface area contributed by atoms with E-state index in [0.717, 1.165) is 44.0 Å². The Hall–Kier alpha value is -3.97. The number of rotatable bonds is 4. The molecule has 34 heavy (non-hydrogen) atoms. The van der Waals surface area contributed by atoms with Crippen molar-refractivity contribution in [1.82, 2.24) is 4.68 Å². The zero-order chi connectivity index (χ0) is 23.7. The van der Waals surface area contributed by atoms with Crippen LogP contribution in [0.4, 0.5) is 11.4 Å². The average molecular weight is 469 g/mol. The highest BCUT2D eigenvalue weighted by Gasteiger charge is 2.18. The molecule has 5 rings (SSSR count). The molecule has 0 atom stereocenters. The van der Waals surface area contributed by atoms with Gasteiger partial charge in [-0.25, -0.2) is 9.67 Å². The van der Waals surface area contributed by atoms with Crippen LogP contribution in [0.3, 0.4) is 0 Å². The summed E-state index contributed by atoms with van der Waals surface area (Å²) in [6.45, 7) is 6.22. The van der Waals surface area contributed by atoms with Gasteiger partial charge in [-0.1, -0.05) is 42.5 Å². The molecule has 4 aromatic rings. The maximum atomic E-state index is 11.8. The molecule has 1 aliphatic rings. The number of ether oxygens (including phenoxy) is 1. The van der Waals surface area contributed by atoms with Crippen LogP contribution in [0.2, 0.25) is 0 Å². The average Bonchev–Trinajstić information content (AvgIpc) is 3.23. The zero-order valence-electron chi connectivity index (χ0n) is 19.2. The molecule has 0 saturated carbocycles. The second-order valence-electron chi connectivity index (χ2n) is 8.22. The standard InChI is InChI=1S/C27H24N4O2S/c1-17-7-4-5-10-21(17)14-28-31-23(20-11-12-24-22(13-20)29-25(32)15-33-24)16-34-27(31)30-26-18(2)8-6-9-19(26)3/h4-14,16H,15H2,1-3H3,(H,29,32). The third-order valence-corrected chi connectivity index (χ3v) is 6.56. The zero-order valence-corrected chi connectivity index (χ0v) is 20.0. The lowest BCUT2D eigenvalue weighted by Crippen LogP contribution is -2.25. The van der Waals surface area contributed by atoms with Gasteiger partial charge in [-0.05, 0) is 61.2 Å². The summed E-state index contributed by atoms with van der Waals surface area (Å²) in [5.74, 6) is 0.500. The number of hydrogen-bond donors (Lipinski definition) is 1. The predicted molar refractivity (Wildman–Crippen MR) is 137 cm³/mol. The summed E-state index contributed by atoms with van der Waals surface area (Å²) in [5, 5.41) is 9.77. The normalized spacial score (nSPS) is 13.6. The van der Waals surface area contributed by atoms with Crippen molar-refractivity contribution >= 4 is 34.8 Å². The summed E-state index contributed by atoms with van der Waals surface area (Å²) in [7, 11) is 0. The topological polar surface area (TPSA) is 68.0 Å². The highest BCUT2D eigenvalue weighted by Crippen LogP contribution is 2.33. The summed E-state index contributed by atoms with van der Waals surface area (Å²) in [6.07, 6.45) is 1.86. The fourth-order valence-electron chi connectivity index (χ4n) is 3.86. The van der Waals surface area contributed by atoms with Crippen molar-refractivity contribution in [3.63, 3.8) is 0 Å². The van der Waals surface area contributed by atoms with Crippen LogP contribution >= 0.6 is 11.3 Å². The molecular weight excluding hydrogens is 444 g/mol. The van der Waals surface area contributed by atoms with Crippen LogP contribution in [0.5, 0.6) is 5.75 Å². The Kier molecular flexibility index (Phi) is 5.86. The van der Waals surface area contributed by atoms with Gasteiger partial charge in [0.05, 0.1) is 23.3 Å². The van der Waals surface area contributed by atoms with Crippen LogP contribution in [0, 0.1) is 20.8 Å². The van der Waals surface area contributed by atoms with Crippen molar-refractivity contribution in [2.24, 2.45) is 10.1 Å². The number of aromatic nitrogens is 1. The van der Waals surface area contributed by atoms with Crippen LogP contribution in [0.25, 0.3) is 11.3 Å². The highest BCUT2D eigenvalue weighted by atomic mass is 32.1. The molecule has 2 heterocycles. The Morgan fingerprint density at radius 3 is 2.56 bits per heavy atom. The van der Waals surface area contributed by atoms with Crippen LogP contribution in [-0.2, 0) is 4.79 Å². The molecule has 0 aliphatic carbocycles. The van der Waals surface area contributed by atoms with Crippen LogP contribution in [0.15, 0.2) is 76.1 Å². The van der Waals surface area contributed by atoms with E-state index in [9.17, 15) is 4.79 Å². The quantitative estimate of drug-likeness (QED) is 0.397. The first-order valence-electron chi connectivity index (χ1n) is 11.0. The lowest BCUT2D eigenvalue weighted by Gasteiger charge is -2.18. The van der Waals surface area contributed by atoms with E-state index in [0.29, 0.717) is 11.4 Å². The molecule has 0 bridgehead atoms. The molecule has 1 N–H and O–H groups in total. The summed E-state index contributed by atoms with van der Waals surface area (Å²) < 4.78 is 7.38. The molecule has 170 valence electrons. The Labute approximate surface area is 201 Å². The number of anilines is 1. The molecule has 1 aliphatic heterocycles. The highest BCUT2D eigenvalue weighted by molar-refractivity contribution is 7.07. The van der Waals surface area contributed by atoms with Crippen LogP contribution in [0.1, 0.15) is 22.3 Å². The number of nitrogens with zero attached hydrogens (tertiary/aromatic N) is 3. The molecule has 0 spiro atoms. The first-order chi connectivity index (χ1) is 16.5. The van der Waals surface area contributed by atoms with Gasteiger partial charge in [0.1, 0.15) is 5.75 Å². The van der Waals surface area contributed by atoms with Gasteiger partial charge < -0.3 is 10.1 Å². The van der Waals surface area contributed by atoms with E-state index in [2.05, 4.69) is 44.3 Å². The number of para-hydroxylation sites is 1. The Morgan fingerprint density at radius 2 is 1.76 bits per heavy atom. The SMILES string of the molecule is Cc1ccccc1C=Nn1c(-c2ccc3c(c2)NC(=O)CO3)csc1=Nc1c(C)cccc1C. The number of amides is 1. The molecular formula is C27H24N4O2S. The predicted octanol–water partition coefficient (Wildman–Crippen LogP) is 5.59. The van der Waals surface area contributed by atoms with Crippen molar-refractivity contribution in [1.29, 1.82) is 0 Å². The summed E-state index contributed by atoms with van der Waals surface area (Å²) in [5.41, 5.74) is 7.79. The second-order valence-corrected chi connectivity index (χ2v) is 9.05. The molecule has 0 radical (unpaired) electrons. The number of carbonyl (C=O) groups is 1. The van der Waals surface area contributed by atoms with Crippen molar-refractivity contribution in [2.75, 3.05) is 11.9 Å². The van der Waals surface area contributed by atoms with Gasteiger partial charge in [0.15, 0.2) is 6.61 Å². The fraction of sp³-hybridized carbons (Fsp3) is 0.148. The minimum Gasteiger partial charge on any atom is -0.482 e. The summed E-state index contributed by atoms with van der Waals surface area (Å²) >= 11 is 1.52. The summed E-state index contributed by atoms with van der Waals surface area (Å²) in [6, 6.07) is 20.0. The Balaban J connectivity index is 1.67. The van der Waals surface area contributed by atoms with Gasteiger partial charge in [0, 0.05) is 10.9 Å². The van der Waals surface area contributed by atoms with Gasteiger partial charge in [0.25, 0.3) is 5.91 Å². The molecule has 0 saturated heterocycles. The van der Waals surface area contributed by atoms with Gasteiger partial charge in [0.2, 0.25) is 4.80 Å². The fourth-order valence-corrected chi connectivity index (χ4v) is 4.70. The molecule has 3 aromatic carbocycles. The van der Waals surface area contributed by atoms with Crippen LogP contribution in [-0.4, -0.2) is 23.4 Å². The smallest absolute Gasteiger partial charge is 0.262 e. The van der Waals surface area contributed by atoms with E-state index in [1.807, 2.05) is 58.7 Å². The number of fused-ring (bicyclic) bond motifs is 1. The number of carbonyl (C=O) groups excluding carboxylic acids is 1. The largest absolute Gasteiger partial charge is 0.482 e. The van der Waals surface area contributed by atoms with Crippen molar-refractivity contribution < 1.29 is 9.53 Å². The lowest BCUT2D eigenvalue weighted by molar-refractivity contribution is -0.118.